The number of amides is 1. The van der Waals surface area contributed by atoms with Gasteiger partial charge in [0.1, 0.15) is 0 Å². The van der Waals surface area contributed by atoms with E-state index in [0.29, 0.717) is 16.7 Å². The van der Waals surface area contributed by atoms with Crippen LogP contribution in [0.5, 0.6) is 0 Å². The summed E-state index contributed by atoms with van der Waals surface area (Å²) in [6, 6.07) is 13.4. The molecule has 3 rings (SSSR count). The van der Waals surface area contributed by atoms with E-state index >= 15 is 0 Å². The smallest absolute Gasteiger partial charge is 0.238 e. The second-order valence-corrected chi connectivity index (χ2v) is 7.33. The molecule has 1 amide bonds. The van der Waals surface area contributed by atoms with Gasteiger partial charge in [-0.2, -0.15) is 0 Å². The lowest BCUT2D eigenvalue weighted by molar-refractivity contribution is -0.116. The van der Waals surface area contributed by atoms with Gasteiger partial charge >= 0.3 is 0 Å². The van der Waals surface area contributed by atoms with Crippen molar-refractivity contribution < 1.29 is 13.6 Å². The average Bonchev–Trinajstić information content (AvgIpc) is 2.61. The van der Waals surface area contributed by atoms with Crippen LogP contribution in [0.25, 0.3) is 11.0 Å². The van der Waals surface area contributed by atoms with Crippen LogP contribution in [-0.4, -0.2) is 50.2 Å². The number of hydrogen-bond acceptors (Lipinski definition) is 6. The first-order valence-electron chi connectivity index (χ1n) is 8.21. The van der Waals surface area contributed by atoms with Gasteiger partial charge in [0.05, 0.1) is 34.5 Å². The molecule has 1 unspecified atom stereocenters. The van der Waals surface area contributed by atoms with Crippen molar-refractivity contribution in [1.82, 2.24) is 14.9 Å². The van der Waals surface area contributed by atoms with Crippen molar-refractivity contribution in [1.29, 1.82) is 0 Å². The van der Waals surface area contributed by atoms with Crippen LogP contribution in [0.1, 0.15) is 0 Å². The number of nitrogens with one attached hydrogen (secondary N) is 1. The normalized spacial score (nSPS) is 12.2. The molecule has 0 aliphatic heterocycles. The predicted octanol–water partition coefficient (Wildman–Crippen LogP) is 2.72. The van der Waals surface area contributed by atoms with Gasteiger partial charge in [-0.1, -0.05) is 29.8 Å². The molecule has 3 aromatic rings. The minimum Gasteiger partial charge on any atom is -0.755 e. The van der Waals surface area contributed by atoms with Gasteiger partial charge < -0.3 is 14.8 Å². The van der Waals surface area contributed by atoms with Crippen LogP contribution < -0.4 is 9.62 Å². The second kappa shape index (κ2) is 8.61. The van der Waals surface area contributed by atoms with E-state index in [1.807, 2.05) is 0 Å². The number of rotatable bonds is 6. The zero-order chi connectivity index (χ0) is 20.3. The van der Waals surface area contributed by atoms with E-state index in [-0.39, 0.29) is 29.1 Å². The summed E-state index contributed by atoms with van der Waals surface area (Å²) in [6.45, 7) is 0.198. The van der Waals surface area contributed by atoms with E-state index in [1.165, 1.54) is 6.07 Å². The van der Waals surface area contributed by atoms with E-state index in [4.69, 9.17) is 11.6 Å². The Balaban J connectivity index is 2.00. The fourth-order valence-corrected chi connectivity index (χ4v) is 3.40. The van der Waals surface area contributed by atoms with Gasteiger partial charge in [-0.3, -0.25) is 13.3 Å². The van der Waals surface area contributed by atoms with Crippen LogP contribution in [0.4, 0.5) is 17.2 Å². The van der Waals surface area contributed by atoms with E-state index < -0.39 is 11.3 Å². The van der Waals surface area contributed by atoms with Crippen LogP contribution in [0, 0.1) is 0 Å². The summed E-state index contributed by atoms with van der Waals surface area (Å²) in [5.41, 5.74) is 1.78. The Morgan fingerprint density at radius 3 is 2.46 bits per heavy atom. The molecule has 8 nitrogen and oxygen atoms in total. The maximum absolute atomic E-state index is 12.0. The zero-order valence-electron chi connectivity index (χ0n) is 15.1. The summed E-state index contributed by atoms with van der Waals surface area (Å²) >= 11 is 3.50. The SMILES string of the molecule is CN(C)CC(=O)Nc1cccc(N(c2nc3ccccc3nc2Cl)S(=O)[O-])c1. The molecule has 1 atom stereocenters. The molecule has 0 fully saturated rings. The molecule has 1 heterocycles. The standard InChI is InChI=1S/C18H18ClN5O3S/c1-23(2)11-16(25)20-12-6-5-7-13(10-12)24(28(26)27)18-17(19)21-14-8-3-4-9-15(14)22-18/h3-10H,11H2,1-2H3,(H,20,25)(H,26,27)/p-1. The Kier molecular flexibility index (Phi) is 6.20. The maximum Gasteiger partial charge on any atom is 0.238 e. The molecule has 10 heteroatoms. The number of aromatic nitrogens is 2. The number of benzene rings is 2. The Hall–Kier alpha value is -2.59. The molecule has 0 aliphatic carbocycles. The van der Waals surface area contributed by atoms with Crippen molar-refractivity contribution in [2.24, 2.45) is 0 Å². The molecule has 0 saturated heterocycles. The Morgan fingerprint density at radius 1 is 1.14 bits per heavy atom. The number of para-hydroxylation sites is 2. The molecule has 0 spiro atoms. The van der Waals surface area contributed by atoms with Gasteiger partial charge in [-0.15, -0.1) is 0 Å². The molecule has 28 heavy (non-hydrogen) atoms. The number of halogens is 1. The fraction of sp³-hybridized carbons (Fsp3) is 0.167. The summed E-state index contributed by atoms with van der Waals surface area (Å²) in [7, 11) is 3.55. The summed E-state index contributed by atoms with van der Waals surface area (Å²) in [5, 5.41) is 2.67. The highest BCUT2D eigenvalue weighted by molar-refractivity contribution is 7.81. The minimum atomic E-state index is -2.71. The molecular formula is C18H17ClN5O3S-. The second-order valence-electron chi connectivity index (χ2n) is 6.17. The zero-order valence-corrected chi connectivity index (χ0v) is 16.7. The molecule has 0 aliphatic rings. The first kappa shape index (κ1) is 20.2. The van der Waals surface area contributed by atoms with Crippen LogP contribution >= 0.6 is 11.6 Å². The molecule has 1 N–H and O–H groups in total. The third kappa shape index (κ3) is 4.63. The fourth-order valence-electron chi connectivity index (χ4n) is 2.58. The summed E-state index contributed by atoms with van der Waals surface area (Å²) in [5.74, 6) is -0.244. The maximum atomic E-state index is 12.0. The monoisotopic (exact) mass is 418 g/mol. The van der Waals surface area contributed by atoms with Gasteiger partial charge in [-0.25, -0.2) is 9.97 Å². The number of carbonyl (C=O) groups excluding carboxylic acids is 1. The van der Waals surface area contributed by atoms with Crippen LogP contribution in [-0.2, 0) is 16.1 Å². The van der Waals surface area contributed by atoms with Crippen molar-refractivity contribution in [3.63, 3.8) is 0 Å². The highest BCUT2D eigenvalue weighted by atomic mass is 35.5. The van der Waals surface area contributed by atoms with Crippen molar-refractivity contribution in [2.45, 2.75) is 0 Å². The van der Waals surface area contributed by atoms with Crippen LogP contribution in [0.2, 0.25) is 5.15 Å². The van der Waals surface area contributed by atoms with E-state index in [9.17, 15) is 13.6 Å². The van der Waals surface area contributed by atoms with Gasteiger partial charge in [-0.05, 0) is 44.4 Å². The number of likely N-dealkylation sites (N-methyl/N-ethyl adjacent to an activating group) is 1. The third-order valence-corrected chi connectivity index (χ3v) is 4.61. The lowest BCUT2D eigenvalue weighted by Crippen LogP contribution is -2.27. The summed E-state index contributed by atoms with van der Waals surface area (Å²) in [6.07, 6.45) is 0. The average molecular weight is 419 g/mol. The molecule has 0 radical (unpaired) electrons. The Morgan fingerprint density at radius 2 is 1.82 bits per heavy atom. The summed E-state index contributed by atoms with van der Waals surface area (Å²) in [4.78, 5) is 22.3. The topological polar surface area (TPSA) is 101 Å². The molecule has 0 bridgehead atoms. The molecule has 2 aromatic carbocycles. The molecule has 146 valence electrons. The molecule has 0 saturated carbocycles. The highest BCUT2D eigenvalue weighted by Gasteiger charge is 2.18. The van der Waals surface area contributed by atoms with Crippen molar-refractivity contribution >= 4 is 57.0 Å². The summed E-state index contributed by atoms with van der Waals surface area (Å²) < 4.78 is 24.9. The lowest BCUT2D eigenvalue weighted by Gasteiger charge is -2.26. The van der Waals surface area contributed by atoms with Gasteiger partial charge in [0, 0.05) is 5.69 Å². The van der Waals surface area contributed by atoms with Gasteiger partial charge in [0.2, 0.25) is 5.91 Å². The first-order chi connectivity index (χ1) is 13.3. The van der Waals surface area contributed by atoms with Crippen molar-refractivity contribution in [3.05, 3.63) is 53.7 Å². The minimum absolute atomic E-state index is 0.0227. The lowest BCUT2D eigenvalue weighted by atomic mass is 10.2. The predicted molar refractivity (Wildman–Crippen MR) is 109 cm³/mol. The van der Waals surface area contributed by atoms with Gasteiger partial charge in [0.15, 0.2) is 11.0 Å². The molecule has 1 aromatic heterocycles. The quantitative estimate of drug-likeness (QED) is 0.617. The first-order valence-corrected chi connectivity index (χ1v) is 9.62. The highest BCUT2D eigenvalue weighted by Crippen LogP contribution is 2.32. The third-order valence-electron chi connectivity index (χ3n) is 3.68. The number of nitrogens with zero attached hydrogens (tertiary/aromatic N) is 4. The number of anilines is 3. The largest absolute Gasteiger partial charge is 0.755 e. The Labute approximate surface area is 169 Å². The van der Waals surface area contributed by atoms with Crippen LogP contribution in [0.15, 0.2) is 48.5 Å². The number of hydrogen-bond donors (Lipinski definition) is 1. The van der Waals surface area contributed by atoms with Crippen molar-refractivity contribution in [3.8, 4) is 0 Å². The van der Waals surface area contributed by atoms with E-state index in [1.54, 1.807) is 61.5 Å². The number of carbonyl (C=O) groups is 1. The van der Waals surface area contributed by atoms with Crippen LogP contribution in [0.3, 0.4) is 0 Å². The number of fused-ring (bicyclic) bond motifs is 1. The van der Waals surface area contributed by atoms with E-state index in [2.05, 4.69) is 15.3 Å². The van der Waals surface area contributed by atoms with Crippen molar-refractivity contribution in [2.75, 3.05) is 30.3 Å². The molecular weight excluding hydrogens is 402 g/mol. The van der Waals surface area contributed by atoms with Gasteiger partial charge in [0.25, 0.3) is 0 Å². The Bertz CT molecular complexity index is 1050. The van der Waals surface area contributed by atoms with E-state index in [0.717, 1.165) is 4.31 Å².